The molecule has 130 valence electrons. The zero-order valence-electron chi connectivity index (χ0n) is 13.3. The predicted molar refractivity (Wildman–Crippen MR) is 108 cm³/mol. The number of halogens is 2. The zero-order chi connectivity index (χ0) is 14.9. The number of hydrogen-bond acceptors (Lipinski definition) is 4. The summed E-state index contributed by atoms with van der Waals surface area (Å²) in [5.41, 5.74) is 9.83. The topological polar surface area (TPSA) is 53.6 Å². The number of benzene rings is 1. The molecule has 1 atom stereocenters. The van der Waals surface area contributed by atoms with E-state index in [2.05, 4.69) is 33.4 Å². The maximum atomic E-state index is 6.11. The molecule has 1 saturated heterocycles. The van der Waals surface area contributed by atoms with Crippen molar-refractivity contribution in [3.8, 4) is 0 Å². The van der Waals surface area contributed by atoms with Crippen LogP contribution in [0.4, 0.5) is 11.4 Å². The van der Waals surface area contributed by atoms with Gasteiger partial charge in [-0.25, -0.2) is 4.99 Å². The van der Waals surface area contributed by atoms with Crippen LogP contribution in [0.25, 0.3) is 0 Å². The highest BCUT2D eigenvalue weighted by molar-refractivity contribution is 7.12. The Morgan fingerprint density at radius 1 is 1.29 bits per heavy atom. The highest BCUT2D eigenvalue weighted by Crippen LogP contribution is 2.34. The number of nitrogens with zero attached hydrogens (tertiary/aromatic N) is 2. The molecule has 1 unspecified atom stereocenters. The summed E-state index contributed by atoms with van der Waals surface area (Å²) in [6.45, 7) is 3.33. The Labute approximate surface area is 159 Å². The summed E-state index contributed by atoms with van der Waals surface area (Å²) in [6, 6.07) is 11.1. The maximum Gasteiger partial charge on any atom is 0.141 e. The first-order valence-electron chi connectivity index (χ1n) is 7.79. The van der Waals surface area contributed by atoms with Gasteiger partial charge in [0.25, 0.3) is 0 Å². The van der Waals surface area contributed by atoms with Gasteiger partial charge >= 0.3 is 0 Å². The molecular formula is C17H22Cl2N4S. The molecule has 7 heteroatoms. The van der Waals surface area contributed by atoms with Gasteiger partial charge in [0.05, 0.1) is 10.6 Å². The third-order valence-electron chi connectivity index (χ3n) is 4.50. The summed E-state index contributed by atoms with van der Waals surface area (Å²) >= 11 is 1.62. The van der Waals surface area contributed by atoms with Crippen molar-refractivity contribution in [2.75, 3.05) is 24.5 Å². The van der Waals surface area contributed by atoms with E-state index in [4.69, 9.17) is 5.73 Å². The number of hydrogen-bond donors (Lipinski definition) is 2. The number of aliphatic imine (C=N–C) groups is 1. The van der Waals surface area contributed by atoms with Gasteiger partial charge in [-0.05, 0) is 48.5 Å². The largest absolute Gasteiger partial charge is 0.383 e. The van der Waals surface area contributed by atoms with E-state index in [0.29, 0.717) is 11.9 Å². The first kappa shape index (κ1) is 19.1. The molecule has 24 heavy (non-hydrogen) atoms. The monoisotopic (exact) mass is 384 g/mol. The molecule has 2 aromatic rings. The van der Waals surface area contributed by atoms with Crippen molar-refractivity contribution in [1.29, 1.82) is 0 Å². The lowest BCUT2D eigenvalue weighted by Gasteiger charge is -2.26. The van der Waals surface area contributed by atoms with E-state index in [1.54, 1.807) is 11.3 Å². The van der Waals surface area contributed by atoms with Crippen LogP contribution in [0.15, 0.2) is 40.7 Å². The standard InChI is InChI=1S/C17H20N4S.2ClH/c18-17(16-2-1-9-22-16)20-13-4-3-12-6-8-21(15(12)10-13)14-5-7-19-11-14;;/h1-4,9-10,14,19H,5-8,11H2,(H2,18,20);2*1H. The molecule has 0 aliphatic carbocycles. The Hall–Kier alpha value is -1.27. The lowest BCUT2D eigenvalue weighted by molar-refractivity contribution is 0.654. The predicted octanol–water partition coefficient (Wildman–Crippen LogP) is 3.35. The van der Waals surface area contributed by atoms with Gasteiger partial charge in [0.1, 0.15) is 5.84 Å². The molecule has 1 fully saturated rings. The van der Waals surface area contributed by atoms with Gasteiger partial charge in [-0.2, -0.15) is 0 Å². The van der Waals surface area contributed by atoms with Crippen LogP contribution < -0.4 is 16.0 Å². The van der Waals surface area contributed by atoms with Crippen molar-refractivity contribution >= 4 is 53.4 Å². The van der Waals surface area contributed by atoms with Crippen LogP contribution in [0.3, 0.4) is 0 Å². The molecule has 3 heterocycles. The SMILES string of the molecule is Cl.Cl.NC(=Nc1ccc2c(c1)N(C1CCNC1)CC2)c1cccs1. The molecule has 4 nitrogen and oxygen atoms in total. The summed E-state index contributed by atoms with van der Waals surface area (Å²) in [5.74, 6) is 0.599. The van der Waals surface area contributed by atoms with Gasteiger partial charge in [-0.15, -0.1) is 36.2 Å². The van der Waals surface area contributed by atoms with Gasteiger partial charge in [-0.1, -0.05) is 12.1 Å². The summed E-state index contributed by atoms with van der Waals surface area (Å²) < 4.78 is 0. The Morgan fingerprint density at radius 2 is 2.17 bits per heavy atom. The molecule has 2 aliphatic heterocycles. The Bertz CT molecular complexity index is 697. The van der Waals surface area contributed by atoms with Crippen molar-refractivity contribution in [1.82, 2.24) is 5.32 Å². The van der Waals surface area contributed by atoms with E-state index < -0.39 is 0 Å². The second kappa shape index (κ2) is 8.21. The average Bonchev–Trinajstić information content (AvgIpc) is 3.27. The molecule has 0 saturated carbocycles. The van der Waals surface area contributed by atoms with Gasteiger partial charge in [0.15, 0.2) is 0 Å². The number of nitrogens with two attached hydrogens (primary N) is 1. The molecule has 1 aromatic heterocycles. The van der Waals surface area contributed by atoms with Crippen molar-refractivity contribution < 1.29 is 0 Å². The maximum absolute atomic E-state index is 6.11. The number of thiophene rings is 1. The fraction of sp³-hybridized carbons (Fsp3) is 0.353. The second-order valence-electron chi connectivity index (χ2n) is 5.88. The van der Waals surface area contributed by atoms with E-state index in [0.717, 1.165) is 36.6 Å². The molecular weight excluding hydrogens is 363 g/mol. The Kier molecular flexibility index (Phi) is 6.52. The van der Waals surface area contributed by atoms with Crippen molar-refractivity contribution in [3.05, 3.63) is 46.2 Å². The fourth-order valence-corrected chi connectivity index (χ4v) is 3.99. The van der Waals surface area contributed by atoms with Gasteiger partial charge in [0.2, 0.25) is 0 Å². The van der Waals surface area contributed by atoms with E-state index in [-0.39, 0.29) is 24.8 Å². The summed E-state index contributed by atoms with van der Waals surface area (Å²) in [5, 5.41) is 5.48. The van der Waals surface area contributed by atoms with Gasteiger partial charge in [-0.3, -0.25) is 0 Å². The number of nitrogens with one attached hydrogen (secondary N) is 1. The third kappa shape index (κ3) is 3.70. The Morgan fingerprint density at radius 3 is 2.88 bits per heavy atom. The quantitative estimate of drug-likeness (QED) is 0.629. The van der Waals surface area contributed by atoms with E-state index in [9.17, 15) is 0 Å². The van der Waals surface area contributed by atoms with Crippen molar-refractivity contribution in [2.45, 2.75) is 18.9 Å². The molecule has 1 aromatic carbocycles. The Balaban J connectivity index is 0.00000104. The lowest BCUT2D eigenvalue weighted by Crippen LogP contribution is -2.35. The van der Waals surface area contributed by atoms with Crippen LogP contribution in [0, 0.1) is 0 Å². The smallest absolute Gasteiger partial charge is 0.141 e. The highest BCUT2D eigenvalue weighted by Gasteiger charge is 2.28. The molecule has 0 radical (unpaired) electrons. The number of amidine groups is 1. The fourth-order valence-electron chi connectivity index (χ4n) is 3.37. The first-order chi connectivity index (χ1) is 10.8. The van der Waals surface area contributed by atoms with Crippen molar-refractivity contribution in [3.63, 3.8) is 0 Å². The van der Waals surface area contributed by atoms with Gasteiger partial charge in [0, 0.05) is 24.8 Å². The van der Waals surface area contributed by atoms with Crippen LogP contribution in [0.2, 0.25) is 0 Å². The second-order valence-corrected chi connectivity index (χ2v) is 6.83. The minimum Gasteiger partial charge on any atom is -0.383 e. The van der Waals surface area contributed by atoms with Crippen LogP contribution in [-0.2, 0) is 6.42 Å². The average molecular weight is 385 g/mol. The molecule has 3 N–H and O–H groups in total. The molecule has 4 rings (SSSR count). The zero-order valence-corrected chi connectivity index (χ0v) is 15.7. The number of fused-ring (bicyclic) bond motifs is 1. The van der Waals surface area contributed by atoms with Crippen LogP contribution in [0.1, 0.15) is 16.9 Å². The number of rotatable bonds is 3. The van der Waals surface area contributed by atoms with Crippen LogP contribution >= 0.6 is 36.2 Å². The minimum atomic E-state index is 0. The van der Waals surface area contributed by atoms with E-state index in [1.807, 2.05) is 17.5 Å². The molecule has 2 aliphatic rings. The van der Waals surface area contributed by atoms with E-state index >= 15 is 0 Å². The summed E-state index contributed by atoms with van der Waals surface area (Å²) in [6.07, 6.45) is 2.36. The molecule has 0 spiro atoms. The first-order valence-corrected chi connectivity index (χ1v) is 8.67. The van der Waals surface area contributed by atoms with E-state index in [1.165, 1.54) is 17.7 Å². The number of anilines is 1. The highest BCUT2D eigenvalue weighted by atomic mass is 35.5. The summed E-state index contributed by atoms with van der Waals surface area (Å²) in [4.78, 5) is 8.17. The minimum absolute atomic E-state index is 0. The summed E-state index contributed by atoms with van der Waals surface area (Å²) in [7, 11) is 0. The third-order valence-corrected chi connectivity index (χ3v) is 5.39. The molecule has 0 bridgehead atoms. The van der Waals surface area contributed by atoms with Crippen molar-refractivity contribution in [2.24, 2.45) is 10.7 Å². The molecule has 0 amide bonds. The lowest BCUT2D eigenvalue weighted by atomic mass is 10.1. The van der Waals surface area contributed by atoms with Crippen LogP contribution in [0.5, 0.6) is 0 Å². The normalized spacial score (nSPS) is 19.6. The van der Waals surface area contributed by atoms with Gasteiger partial charge < -0.3 is 16.0 Å². The van der Waals surface area contributed by atoms with Crippen LogP contribution in [-0.4, -0.2) is 31.5 Å².